The van der Waals surface area contributed by atoms with Crippen LogP contribution in [0.1, 0.15) is 36.5 Å². The molecule has 2 aromatic rings. The lowest BCUT2D eigenvalue weighted by atomic mass is 10.1. The third-order valence-electron chi connectivity index (χ3n) is 4.67. The monoisotopic (exact) mass is 544 g/mol. The second kappa shape index (κ2) is 13.0. The van der Waals surface area contributed by atoms with Crippen molar-refractivity contribution in [1.82, 2.24) is 15.6 Å². The minimum absolute atomic E-state index is 0. The standard InChI is InChI=1S/C22H29ClN4O2.HI/c1-3-24-22(26-13-17-7-9-21(23)25-12-17)27-14-18-8-6-16(2)11-20(18)29-15-19-5-4-10-28-19;/h6-9,11-12,19H,3-5,10,13-15H2,1-2H3,(H2,24,26,27);1H. The molecule has 1 atom stereocenters. The SMILES string of the molecule is CCNC(=NCc1ccc(Cl)nc1)NCc1ccc(C)cc1OCC1CCCO1.I. The lowest BCUT2D eigenvalue weighted by Gasteiger charge is -2.17. The molecule has 1 aliphatic heterocycles. The van der Waals surface area contributed by atoms with E-state index >= 15 is 0 Å². The topological polar surface area (TPSA) is 67.8 Å². The molecule has 2 N–H and O–H groups in total. The van der Waals surface area contributed by atoms with Crippen LogP contribution in [-0.2, 0) is 17.8 Å². The number of nitrogens with zero attached hydrogens (tertiary/aromatic N) is 2. The summed E-state index contributed by atoms with van der Waals surface area (Å²) in [5, 5.41) is 7.15. The quantitative estimate of drug-likeness (QED) is 0.222. The maximum atomic E-state index is 6.09. The van der Waals surface area contributed by atoms with Crippen LogP contribution >= 0.6 is 35.6 Å². The Labute approximate surface area is 200 Å². The smallest absolute Gasteiger partial charge is 0.191 e. The van der Waals surface area contributed by atoms with Gasteiger partial charge in [-0.2, -0.15) is 0 Å². The fraction of sp³-hybridized carbons (Fsp3) is 0.455. The van der Waals surface area contributed by atoms with Gasteiger partial charge < -0.3 is 20.1 Å². The zero-order valence-electron chi connectivity index (χ0n) is 17.5. The van der Waals surface area contributed by atoms with E-state index in [0.717, 1.165) is 48.8 Å². The normalized spacial score (nSPS) is 16.1. The fourth-order valence-corrected chi connectivity index (χ4v) is 3.20. The number of guanidine groups is 1. The summed E-state index contributed by atoms with van der Waals surface area (Å²) in [6.07, 6.45) is 4.12. The van der Waals surface area contributed by atoms with Gasteiger partial charge in [0, 0.05) is 31.5 Å². The molecule has 164 valence electrons. The van der Waals surface area contributed by atoms with E-state index in [-0.39, 0.29) is 30.1 Å². The summed E-state index contributed by atoms with van der Waals surface area (Å²) >= 11 is 5.84. The van der Waals surface area contributed by atoms with Crippen molar-refractivity contribution in [2.45, 2.75) is 45.9 Å². The third kappa shape index (κ3) is 7.92. The average Bonchev–Trinajstić information content (AvgIpc) is 3.24. The van der Waals surface area contributed by atoms with E-state index in [0.29, 0.717) is 24.8 Å². The van der Waals surface area contributed by atoms with E-state index in [4.69, 9.17) is 21.1 Å². The van der Waals surface area contributed by atoms with E-state index in [2.05, 4.69) is 45.7 Å². The summed E-state index contributed by atoms with van der Waals surface area (Å²) in [4.78, 5) is 8.73. The number of nitrogens with one attached hydrogen (secondary N) is 2. The van der Waals surface area contributed by atoms with E-state index < -0.39 is 0 Å². The van der Waals surface area contributed by atoms with Gasteiger partial charge in [0.1, 0.15) is 17.5 Å². The number of aryl methyl sites for hydroxylation is 1. The Bertz CT molecular complexity index is 811. The van der Waals surface area contributed by atoms with Crippen molar-refractivity contribution in [2.75, 3.05) is 19.8 Å². The Balaban J connectivity index is 0.00000320. The number of hydrogen-bond acceptors (Lipinski definition) is 4. The minimum Gasteiger partial charge on any atom is -0.491 e. The summed E-state index contributed by atoms with van der Waals surface area (Å²) in [5.74, 6) is 1.64. The summed E-state index contributed by atoms with van der Waals surface area (Å²) < 4.78 is 11.8. The summed E-state index contributed by atoms with van der Waals surface area (Å²) in [6.45, 7) is 7.46. The molecular formula is C22H30ClIN4O2. The van der Waals surface area contributed by atoms with Crippen LogP contribution in [0.2, 0.25) is 5.15 Å². The number of rotatable bonds is 8. The number of hydrogen-bond donors (Lipinski definition) is 2. The highest BCUT2D eigenvalue weighted by Gasteiger charge is 2.17. The molecule has 0 saturated carbocycles. The number of benzene rings is 1. The molecule has 8 heteroatoms. The Hall–Kier alpha value is -1.58. The zero-order chi connectivity index (χ0) is 20.5. The largest absolute Gasteiger partial charge is 0.491 e. The molecular weight excluding hydrogens is 515 g/mol. The Kier molecular flexibility index (Phi) is 10.7. The predicted molar refractivity (Wildman–Crippen MR) is 132 cm³/mol. The highest BCUT2D eigenvalue weighted by atomic mass is 127. The zero-order valence-corrected chi connectivity index (χ0v) is 20.6. The Morgan fingerprint density at radius 2 is 2.17 bits per heavy atom. The van der Waals surface area contributed by atoms with Crippen molar-refractivity contribution in [1.29, 1.82) is 0 Å². The predicted octanol–water partition coefficient (Wildman–Crippen LogP) is 4.47. The molecule has 1 saturated heterocycles. The molecule has 0 amide bonds. The summed E-state index contributed by atoms with van der Waals surface area (Å²) in [6, 6.07) is 9.98. The lowest BCUT2D eigenvalue weighted by molar-refractivity contribution is 0.0676. The van der Waals surface area contributed by atoms with E-state index in [1.807, 2.05) is 13.0 Å². The molecule has 0 radical (unpaired) electrons. The van der Waals surface area contributed by atoms with Gasteiger partial charge in [-0.1, -0.05) is 29.8 Å². The first kappa shape index (κ1) is 24.7. The molecule has 1 aromatic carbocycles. The number of ether oxygens (including phenoxy) is 2. The van der Waals surface area contributed by atoms with Crippen molar-refractivity contribution in [3.63, 3.8) is 0 Å². The van der Waals surface area contributed by atoms with Crippen LogP contribution in [0.4, 0.5) is 0 Å². The molecule has 0 bridgehead atoms. The summed E-state index contributed by atoms with van der Waals surface area (Å²) in [5.41, 5.74) is 3.27. The van der Waals surface area contributed by atoms with E-state index in [1.54, 1.807) is 12.3 Å². The molecule has 1 unspecified atom stereocenters. The molecule has 1 aromatic heterocycles. The van der Waals surface area contributed by atoms with E-state index in [9.17, 15) is 0 Å². The van der Waals surface area contributed by atoms with Crippen LogP contribution in [0.15, 0.2) is 41.5 Å². The first-order valence-electron chi connectivity index (χ1n) is 10.1. The molecule has 2 heterocycles. The molecule has 30 heavy (non-hydrogen) atoms. The van der Waals surface area contributed by atoms with Gasteiger partial charge in [-0.25, -0.2) is 9.98 Å². The Morgan fingerprint density at radius 3 is 2.87 bits per heavy atom. The molecule has 0 aliphatic carbocycles. The third-order valence-corrected chi connectivity index (χ3v) is 4.89. The van der Waals surface area contributed by atoms with Crippen LogP contribution in [0.25, 0.3) is 0 Å². The van der Waals surface area contributed by atoms with Gasteiger partial charge in [0.2, 0.25) is 0 Å². The van der Waals surface area contributed by atoms with Crippen LogP contribution in [0.5, 0.6) is 5.75 Å². The second-order valence-electron chi connectivity index (χ2n) is 7.10. The van der Waals surface area contributed by atoms with Gasteiger partial charge in [-0.3, -0.25) is 0 Å². The first-order chi connectivity index (χ1) is 14.1. The number of halogens is 2. The number of pyridine rings is 1. The fourth-order valence-electron chi connectivity index (χ4n) is 3.09. The lowest BCUT2D eigenvalue weighted by Crippen LogP contribution is -2.36. The molecule has 1 fully saturated rings. The van der Waals surface area contributed by atoms with Gasteiger partial charge in [0.15, 0.2) is 5.96 Å². The van der Waals surface area contributed by atoms with Crippen LogP contribution in [-0.4, -0.2) is 36.8 Å². The van der Waals surface area contributed by atoms with Crippen molar-refractivity contribution in [3.05, 3.63) is 58.4 Å². The number of aromatic nitrogens is 1. The number of aliphatic imine (C=N–C) groups is 1. The molecule has 0 spiro atoms. The van der Waals surface area contributed by atoms with Crippen LogP contribution in [0, 0.1) is 6.92 Å². The van der Waals surface area contributed by atoms with Gasteiger partial charge in [0.05, 0.1) is 12.6 Å². The van der Waals surface area contributed by atoms with Crippen molar-refractivity contribution in [3.8, 4) is 5.75 Å². The van der Waals surface area contributed by atoms with Crippen LogP contribution < -0.4 is 15.4 Å². The molecule has 1 aliphatic rings. The minimum atomic E-state index is 0. The van der Waals surface area contributed by atoms with Gasteiger partial charge >= 0.3 is 0 Å². The maximum Gasteiger partial charge on any atom is 0.191 e. The van der Waals surface area contributed by atoms with Gasteiger partial charge in [0.25, 0.3) is 0 Å². The molecule has 6 nitrogen and oxygen atoms in total. The van der Waals surface area contributed by atoms with Gasteiger partial charge in [-0.15, -0.1) is 24.0 Å². The molecule has 3 rings (SSSR count). The van der Waals surface area contributed by atoms with Crippen molar-refractivity contribution >= 4 is 41.5 Å². The van der Waals surface area contributed by atoms with Crippen LogP contribution in [0.3, 0.4) is 0 Å². The van der Waals surface area contributed by atoms with Gasteiger partial charge in [-0.05, 0) is 49.9 Å². The highest BCUT2D eigenvalue weighted by Crippen LogP contribution is 2.22. The summed E-state index contributed by atoms with van der Waals surface area (Å²) in [7, 11) is 0. The first-order valence-corrected chi connectivity index (χ1v) is 10.5. The Morgan fingerprint density at radius 1 is 1.30 bits per heavy atom. The van der Waals surface area contributed by atoms with E-state index in [1.165, 1.54) is 5.56 Å². The van der Waals surface area contributed by atoms with Crippen molar-refractivity contribution < 1.29 is 9.47 Å². The van der Waals surface area contributed by atoms with Crippen molar-refractivity contribution in [2.24, 2.45) is 4.99 Å². The average molecular weight is 545 g/mol. The maximum absolute atomic E-state index is 6.09. The highest BCUT2D eigenvalue weighted by molar-refractivity contribution is 14.0. The second-order valence-corrected chi connectivity index (χ2v) is 7.48.